The van der Waals surface area contributed by atoms with Crippen molar-refractivity contribution in [2.24, 2.45) is 0 Å². The van der Waals surface area contributed by atoms with Gasteiger partial charge in [0, 0.05) is 0 Å². The standard InChI is InChI=1S/C7H7NO3/c9-7(10)8-11-6-4-2-1-3-5-6/h1-5,8H,(H,9,10). The molecule has 1 aromatic rings. The van der Waals surface area contributed by atoms with Crippen molar-refractivity contribution < 1.29 is 14.7 Å². The van der Waals surface area contributed by atoms with Crippen LogP contribution in [0.25, 0.3) is 0 Å². The molecule has 0 heterocycles. The molecule has 0 aliphatic carbocycles. The Hall–Kier alpha value is -1.71. The van der Waals surface area contributed by atoms with Crippen molar-refractivity contribution >= 4 is 6.09 Å². The van der Waals surface area contributed by atoms with E-state index in [1.54, 1.807) is 29.7 Å². The number of carbonyl (C=O) groups is 1. The molecule has 0 spiro atoms. The van der Waals surface area contributed by atoms with Gasteiger partial charge in [-0.2, -0.15) is 5.48 Å². The molecule has 4 nitrogen and oxygen atoms in total. The summed E-state index contributed by atoms with van der Waals surface area (Å²) in [6.07, 6.45) is -1.21. The Morgan fingerprint density at radius 2 is 2.00 bits per heavy atom. The van der Waals surface area contributed by atoms with Crippen molar-refractivity contribution in [3.8, 4) is 5.75 Å². The maximum absolute atomic E-state index is 9.94. The number of benzene rings is 1. The highest BCUT2D eigenvalue weighted by molar-refractivity contribution is 5.63. The summed E-state index contributed by atoms with van der Waals surface area (Å²) in [5, 5.41) is 8.14. The molecule has 4 heteroatoms. The summed E-state index contributed by atoms with van der Waals surface area (Å²) in [5.41, 5.74) is 1.78. The lowest BCUT2D eigenvalue weighted by molar-refractivity contribution is 0.136. The Morgan fingerprint density at radius 3 is 2.55 bits per heavy atom. The van der Waals surface area contributed by atoms with E-state index in [2.05, 4.69) is 4.84 Å². The molecular formula is C7H7NO3. The van der Waals surface area contributed by atoms with Gasteiger partial charge < -0.3 is 9.94 Å². The minimum Gasteiger partial charge on any atom is -0.463 e. The van der Waals surface area contributed by atoms with Gasteiger partial charge in [-0.15, -0.1) is 0 Å². The van der Waals surface area contributed by atoms with Gasteiger partial charge in [-0.1, -0.05) is 18.2 Å². The number of carboxylic acid groups (broad SMARTS) is 1. The van der Waals surface area contributed by atoms with E-state index >= 15 is 0 Å². The molecule has 2 N–H and O–H groups in total. The van der Waals surface area contributed by atoms with Crippen LogP contribution in [0.15, 0.2) is 30.3 Å². The first-order valence-electron chi connectivity index (χ1n) is 3.00. The second-order valence-corrected chi connectivity index (χ2v) is 1.82. The third-order valence-corrected chi connectivity index (χ3v) is 0.999. The Kier molecular flexibility index (Phi) is 2.32. The highest BCUT2D eigenvalue weighted by Gasteiger charge is 1.93. The van der Waals surface area contributed by atoms with Crippen molar-refractivity contribution in [2.45, 2.75) is 0 Å². The molecule has 1 aromatic carbocycles. The molecule has 0 saturated heterocycles. The molecule has 1 rings (SSSR count). The summed E-state index contributed by atoms with van der Waals surface area (Å²) >= 11 is 0. The smallest absolute Gasteiger partial charge is 0.438 e. The molecule has 0 aromatic heterocycles. The van der Waals surface area contributed by atoms with Gasteiger partial charge in [-0.25, -0.2) is 4.79 Å². The van der Waals surface area contributed by atoms with Gasteiger partial charge in [0.05, 0.1) is 0 Å². The van der Waals surface area contributed by atoms with E-state index in [-0.39, 0.29) is 0 Å². The molecule has 0 aliphatic rings. The first-order chi connectivity index (χ1) is 5.29. The number of para-hydroxylation sites is 1. The summed E-state index contributed by atoms with van der Waals surface area (Å²) in [4.78, 5) is 14.6. The van der Waals surface area contributed by atoms with Crippen LogP contribution >= 0.6 is 0 Å². The van der Waals surface area contributed by atoms with Crippen LogP contribution in [-0.2, 0) is 0 Å². The van der Waals surface area contributed by atoms with Crippen molar-refractivity contribution in [1.82, 2.24) is 5.48 Å². The summed E-state index contributed by atoms with van der Waals surface area (Å²) in [5.74, 6) is 0.468. The number of hydrogen-bond acceptors (Lipinski definition) is 2. The van der Waals surface area contributed by atoms with E-state index in [0.29, 0.717) is 5.75 Å². The molecule has 0 atom stereocenters. The van der Waals surface area contributed by atoms with Crippen molar-refractivity contribution in [3.05, 3.63) is 30.3 Å². The molecule has 0 fully saturated rings. The molecule has 0 bridgehead atoms. The van der Waals surface area contributed by atoms with Crippen LogP contribution in [0.1, 0.15) is 0 Å². The second-order valence-electron chi connectivity index (χ2n) is 1.82. The fourth-order valence-corrected chi connectivity index (χ4v) is 0.591. The molecule has 11 heavy (non-hydrogen) atoms. The third-order valence-electron chi connectivity index (χ3n) is 0.999. The molecule has 0 saturated carbocycles. The second kappa shape index (κ2) is 3.46. The molecule has 58 valence electrons. The first kappa shape index (κ1) is 7.40. The lowest BCUT2D eigenvalue weighted by Crippen LogP contribution is -2.24. The Bertz CT molecular complexity index is 235. The summed E-state index contributed by atoms with van der Waals surface area (Å²) in [6, 6.07) is 8.61. The Morgan fingerprint density at radius 1 is 1.36 bits per heavy atom. The van der Waals surface area contributed by atoms with Crippen LogP contribution in [-0.4, -0.2) is 11.2 Å². The molecular weight excluding hydrogens is 146 g/mol. The third kappa shape index (κ3) is 2.57. The van der Waals surface area contributed by atoms with E-state index in [1.807, 2.05) is 6.07 Å². The minimum absolute atomic E-state index is 0.468. The van der Waals surface area contributed by atoms with Gasteiger partial charge in [0.2, 0.25) is 0 Å². The quantitative estimate of drug-likeness (QED) is 0.628. The van der Waals surface area contributed by atoms with Crippen LogP contribution in [0.4, 0.5) is 4.79 Å². The summed E-state index contributed by atoms with van der Waals surface area (Å²) in [6.45, 7) is 0. The van der Waals surface area contributed by atoms with Crippen LogP contribution in [0.2, 0.25) is 0 Å². The zero-order valence-corrected chi connectivity index (χ0v) is 5.65. The van der Waals surface area contributed by atoms with E-state index in [0.717, 1.165) is 0 Å². The maximum atomic E-state index is 9.94. The van der Waals surface area contributed by atoms with Gasteiger partial charge in [0.15, 0.2) is 5.75 Å². The SMILES string of the molecule is O=C(O)NOc1ccccc1. The minimum atomic E-state index is -1.21. The monoisotopic (exact) mass is 153 g/mol. The van der Waals surface area contributed by atoms with E-state index in [4.69, 9.17) is 5.11 Å². The molecule has 0 unspecified atom stereocenters. The number of nitrogens with one attached hydrogen (secondary N) is 1. The predicted octanol–water partition coefficient (Wildman–Crippen LogP) is 1.25. The van der Waals surface area contributed by atoms with Crippen LogP contribution < -0.4 is 10.3 Å². The number of rotatable bonds is 2. The molecule has 0 radical (unpaired) electrons. The maximum Gasteiger partial charge on any atom is 0.438 e. The summed E-state index contributed by atoms with van der Waals surface area (Å²) < 4.78 is 0. The molecule has 0 aliphatic heterocycles. The van der Waals surface area contributed by atoms with Crippen LogP contribution in [0, 0.1) is 0 Å². The average molecular weight is 153 g/mol. The van der Waals surface area contributed by atoms with Crippen molar-refractivity contribution in [3.63, 3.8) is 0 Å². The van der Waals surface area contributed by atoms with Gasteiger partial charge >= 0.3 is 6.09 Å². The van der Waals surface area contributed by atoms with Crippen LogP contribution in [0.3, 0.4) is 0 Å². The lowest BCUT2D eigenvalue weighted by atomic mass is 10.3. The Balaban J connectivity index is 2.45. The zero-order valence-electron chi connectivity index (χ0n) is 5.65. The number of amides is 1. The van der Waals surface area contributed by atoms with Crippen molar-refractivity contribution in [1.29, 1.82) is 0 Å². The van der Waals surface area contributed by atoms with E-state index < -0.39 is 6.09 Å². The van der Waals surface area contributed by atoms with E-state index in [1.165, 1.54) is 0 Å². The number of hydroxylamine groups is 1. The summed E-state index contributed by atoms with van der Waals surface area (Å²) in [7, 11) is 0. The van der Waals surface area contributed by atoms with Crippen LogP contribution in [0.5, 0.6) is 5.75 Å². The lowest BCUT2D eigenvalue weighted by Gasteiger charge is -2.01. The zero-order chi connectivity index (χ0) is 8.10. The van der Waals surface area contributed by atoms with Gasteiger partial charge in [-0.3, -0.25) is 0 Å². The van der Waals surface area contributed by atoms with Gasteiger partial charge in [-0.05, 0) is 12.1 Å². The highest BCUT2D eigenvalue weighted by atomic mass is 16.7. The van der Waals surface area contributed by atoms with Gasteiger partial charge in [0.25, 0.3) is 0 Å². The van der Waals surface area contributed by atoms with Gasteiger partial charge in [0.1, 0.15) is 0 Å². The molecule has 1 amide bonds. The fourth-order valence-electron chi connectivity index (χ4n) is 0.591. The average Bonchev–Trinajstić information content (AvgIpc) is 2.03. The first-order valence-corrected chi connectivity index (χ1v) is 3.00. The number of hydrogen-bond donors (Lipinski definition) is 2. The van der Waals surface area contributed by atoms with E-state index in [9.17, 15) is 4.79 Å². The van der Waals surface area contributed by atoms with Crippen molar-refractivity contribution in [2.75, 3.05) is 0 Å². The fraction of sp³-hybridized carbons (Fsp3) is 0. The topological polar surface area (TPSA) is 58.6 Å². The largest absolute Gasteiger partial charge is 0.463 e. The predicted molar refractivity (Wildman–Crippen MR) is 38.2 cm³/mol. The highest BCUT2D eigenvalue weighted by Crippen LogP contribution is 2.05. The normalized spacial score (nSPS) is 8.73. The Labute approximate surface area is 63.4 Å².